The van der Waals surface area contributed by atoms with E-state index >= 15 is 0 Å². The molecule has 19 heavy (non-hydrogen) atoms. The van der Waals surface area contributed by atoms with Crippen molar-refractivity contribution in [3.05, 3.63) is 51.8 Å². The zero-order valence-corrected chi connectivity index (χ0v) is 10.6. The monoisotopic (exact) mass is 256 g/mol. The number of allylic oxidation sites excluding steroid dienone is 3. The van der Waals surface area contributed by atoms with Crippen LogP contribution in [0.5, 0.6) is 0 Å². The number of rotatable bonds is 2. The molecule has 96 valence electrons. The van der Waals surface area contributed by atoms with Crippen LogP contribution in [-0.4, -0.2) is 17.7 Å². The fraction of sp³-hybridized carbons (Fsp3) is 0.214. The van der Waals surface area contributed by atoms with Crippen molar-refractivity contribution >= 4 is 22.7 Å². The standard InChI is InChI=1S/C14H12N2O3/c1-8-6-9(19-2)7-10-13-11(15-14(8)10)4-3-5-12(13)16(17)18/h3-8H,1-2H3. The van der Waals surface area contributed by atoms with Crippen molar-refractivity contribution in [2.75, 3.05) is 7.11 Å². The highest BCUT2D eigenvalue weighted by atomic mass is 16.6. The summed E-state index contributed by atoms with van der Waals surface area (Å²) in [6.07, 6.45) is 3.78. The van der Waals surface area contributed by atoms with Gasteiger partial charge in [0.25, 0.3) is 5.69 Å². The second kappa shape index (κ2) is 4.05. The van der Waals surface area contributed by atoms with Crippen LogP contribution < -0.4 is 0 Å². The van der Waals surface area contributed by atoms with Crippen LogP contribution in [0.1, 0.15) is 12.5 Å². The van der Waals surface area contributed by atoms with Crippen LogP contribution in [0.4, 0.5) is 11.4 Å². The lowest BCUT2D eigenvalue weighted by Gasteiger charge is -2.16. The minimum atomic E-state index is -0.367. The lowest BCUT2D eigenvalue weighted by molar-refractivity contribution is -0.385. The van der Waals surface area contributed by atoms with Gasteiger partial charge < -0.3 is 4.74 Å². The van der Waals surface area contributed by atoms with Crippen molar-refractivity contribution < 1.29 is 9.66 Å². The van der Waals surface area contributed by atoms with Gasteiger partial charge in [-0.25, -0.2) is 0 Å². The number of nitrogens with zero attached hydrogens (tertiary/aromatic N) is 2. The summed E-state index contributed by atoms with van der Waals surface area (Å²) < 4.78 is 5.24. The fourth-order valence-corrected chi connectivity index (χ4v) is 2.50. The Balaban J connectivity index is 2.23. The van der Waals surface area contributed by atoms with Gasteiger partial charge in [-0.1, -0.05) is 13.0 Å². The Kier molecular flexibility index (Phi) is 2.48. The maximum absolute atomic E-state index is 11.1. The van der Waals surface area contributed by atoms with Crippen molar-refractivity contribution in [1.29, 1.82) is 0 Å². The molecule has 1 aromatic carbocycles. The van der Waals surface area contributed by atoms with E-state index < -0.39 is 0 Å². The topological polar surface area (TPSA) is 64.7 Å². The van der Waals surface area contributed by atoms with E-state index in [1.165, 1.54) is 6.07 Å². The molecule has 0 radical (unpaired) electrons. The molecule has 0 spiro atoms. The van der Waals surface area contributed by atoms with Crippen molar-refractivity contribution in [3.8, 4) is 0 Å². The normalized spacial score (nSPS) is 19.9. The van der Waals surface area contributed by atoms with Crippen molar-refractivity contribution in [3.63, 3.8) is 0 Å². The third kappa shape index (κ3) is 1.66. The number of nitro groups is 1. The van der Waals surface area contributed by atoms with Crippen molar-refractivity contribution in [1.82, 2.24) is 0 Å². The van der Waals surface area contributed by atoms with Gasteiger partial charge in [-0.15, -0.1) is 0 Å². The molecule has 1 atom stereocenters. The molecule has 0 fully saturated rings. The number of aliphatic imine (C=N–C) groups is 1. The van der Waals surface area contributed by atoms with Gasteiger partial charge in [0.1, 0.15) is 5.76 Å². The quantitative estimate of drug-likeness (QED) is 0.602. The molecule has 5 nitrogen and oxygen atoms in total. The lowest BCUT2D eigenvalue weighted by Crippen LogP contribution is -2.13. The minimum absolute atomic E-state index is 0.0851. The number of nitro benzene ring substituents is 1. The molecule has 1 heterocycles. The maximum Gasteiger partial charge on any atom is 0.279 e. The molecular weight excluding hydrogens is 244 g/mol. The van der Waals surface area contributed by atoms with Gasteiger partial charge >= 0.3 is 0 Å². The van der Waals surface area contributed by atoms with Gasteiger partial charge in [0.2, 0.25) is 0 Å². The largest absolute Gasteiger partial charge is 0.497 e. The molecule has 2 aliphatic rings. The molecule has 0 N–H and O–H groups in total. The van der Waals surface area contributed by atoms with Crippen molar-refractivity contribution in [2.24, 2.45) is 10.9 Å². The Bertz CT molecular complexity index is 671. The first-order valence-electron chi connectivity index (χ1n) is 5.96. The highest BCUT2D eigenvalue weighted by molar-refractivity contribution is 6.32. The first-order chi connectivity index (χ1) is 9.11. The van der Waals surface area contributed by atoms with E-state index in [0.717, 1.165) is 11.3 Å². The SMILES string of the molecule is COC1=CC(C)C2=Nc3cccc([N+](=O)[O-])c3C2=C1. The van der Waals surface area contributed by atoms with Gasteiger partial charge in [0.05, 0.1) is 29.0 Å². The van der Waals surface area contributed by atoms with Crippen LogP contribution in [0, 0.1) is 16.0 Å². The summed E-state index contributed by atoms with van der Waals surface area (Å²) >= 11 is 0. The number of fused-ring (bicyclic) bond motifs is 3. The van der Waals surface area contributed by atoms with Gasteiger partial charge in [-0.3, -0.25) is 15.1 Å². The number of ether oxygens (including phenoxy) is 1. The van der Waals surface area contributed by atoms with E-state index in [1.54, 1.807) is 19.2 Å². The van der Waals surface area contributed by atoms with E-state index in [4.69, 9.17) is 4.74 Å². The van der Waals surface area contributed by atoms with E-state index in [9.17, 15) is 10.1 Å². The third-order valence-electron chi connectivity index (χ3n) is 3.37. The predicted octanol–water partition coefficient (Wildman–Crippen LogP) is 3.24. The summed E-state index contributed by atoms with van der Waals surface area (Å²) in [5.74, 6) is 0.800. The summed E-state index contributed by atoms with van der Waals surface area (Å²) in [4.78, 5) is 15.3. The van der Waals surface area contributed by atoms with Crippen LogP contribution in [0.25, 0.3) is 5.57 Å². The smallest absolute Gasteiger partial charge is 0.279 e. The number of hydrogen-bond donors (Lipinski definition) is 0. The number of benzene rings is 1. The molecule has 3 rings (SSSR count). The van der Waals surface area contributed by atoms with Gasteiger partial charge in [-0.2, -0.15) is 0 Å². The predicted molar refractivity (Wildman–Crippen MR) is 72.4 cm³/mol. The molecule has 0 bridgehead atoms. The third-order valence-corrected chi connectivity index (χ3v) is 3.37. The molecule has 0 saturated carbocycles. The Morgan fingerprint density at radius 1 is 1.42 bits per heavy atom. The number of hydrogen-bond acceptors (Lipinski definition) is 4. The summed E-state index contributed by atoms with van der Waals surface area (Å²) in [6.45, 7) is 2.00. The molecule has 1 aromatic rings. The number of methoxy groups -OCH3 is 1. The first-order valence-corrected chi connectivity index (χ1v) is 5.96. The van der Waals surface area contributed by atoms with Crippen LogP contribution in [0.3, 0.4) is 0 Å². The van der Waals surface area contributed by atoms with E-state index in [1.807, 2.05) is 19.1 Å². The first kappa shape index (κ1) is 11.6. The van der Waals surface area contributed by atoms with Crippen LogP contribution in [0.2, 0.25) is 0 Å². The molecule has 1 aliphatic heterocycles. The van der Waals surface area contributed by atoms with E-state index in [2.05, 4.69) is 4.99 Å². The zero-order valence-electron chi connectivity index (χ0n) is 10.6. The van der Waals surface area contributed by atoms with Crippen LogP contribution in [-0.2, 0) is 4.74 Å². The molecule has 0 saturated heterocycles. The maximum atomic E-state index is 11.1. The Morgan fingerprint density at radius 3 is 2.89 bits per heavy atom. The van der Waals surface area contributed by atoms with Crippen molar-refractivity contribution in [2.45, 2.75) is 6.92 Å². The summed E-state index contributed by atoms with van der Waals surface area (Å²) in [5, 5.41) is 11.1. The zero-order chi connectivity index (χ0) is 13.6. The average molecular weight is 256 g/mol. The fourth-order valence-electron chi connectivity index (χ4n) is 2.50. The molecule has 0 aromatic heterocycles. The van der Waals surface area contributed by atoms with Gasteiger partial charge in [-0.05, 0) is 18.2 Å². The Labute approximate surface area is 110 Å². The molecule has 1 aliphatic carbocycles. The van der Waals surface area contributed by atoms with Gasteiger partial charge in [0, 0.05) is 17.6 Å². The summed E-state index contributed by atoms with van der Waals surface area (Å²) in [7, 11) is 1.59. The van der Waals surface area contributed by atoms with Crippen LogP contribution >= 0.6 is 0 Å². The van der Waals surface area contributed by atoms with E-state index in [-0.39, 0.29) is 16.5 Å². The molecule has 5 heteroatoms. The second-order valence-electron chi connectivity index (χ2n) is 4.55. The highest BCUT2D eigenvalue weighted by Crippen LogP contribution is 2.44. The average Bonchev–Trinajstić information content (AvgIpc) is 2.77. The summed E-state index contributed by atoms with van der Waals surface area (Å²) in [5.41, 5.74) is 3.01. The summed E-state index contributed by atoms with van der Waals surface area (Å²) in [6, 6.07) is 4.97. The lowest BCUT2D eigenvalue weighted by atomic mass is 9.89. The molecule has 0 amide bonds. The minimum Gasteiger partial charge on any atom is -0.497 e. The Hall–Kier alpha value is -2.43. The highest BCUT2D eigenvalue weighted by Gasteiger charge is 2.33. The molecule has 1 unspecified atom stereocenters. The Morgan fingerprint density at radius 2 is 2.21 bits per heavy atom. The molecular formula is C14H12N2O3. The van der Waals surface area contributed by atoms with Crippen LogP contribution in [0.15, 0.2) is 41.1 Å². The van der Waals surface area contributed by atoms with E-state index in [0.29, 0.717) is 17.0 Å². The second-order valence-corrected chi connectivity index (χ2v) is 4.55. The van der Waals surface area contributed by atoms with Gasteiger partial charge in [0.15, 0.2) is 0 Å².